The predicted octanol–water partition coefficient (Wildman–Crippen LogP) is 3.82. The molecule has 0 radical (unpaired) electrons. The Hall–Kier alpha value is -0.650. The summed E-state index contributed by atoms with van der Waals surface area (Å²) < 4.78 is 40.3. The Kier molecular flexibility index (Phi) is 4.72. The molecule has 6 heteroatoms. The second kappa shape index (κ2) is 6.00. The Morgan fingerprint density at radius 1 is 1.30 bits per heavy atom. The first-order valence-corrected chi connectivity index (χ1v) is 8.64. The van der Waals surface area contributed by atoms with Crippen molar-refractivity contribution in [1.82, 2.24) is 4.31 Å². The van der Waals surface area contributed by atoms with E-state index in [1.165, 1.54) is 10.4 Å². The first kappa shape index (κ1) is 15.7. The van der Waals surface area contributed by atoms with Crippen molar-refractivity contribution in [3.05, 3.63) is 29.0 Å². The summed E-state index contributed by atoms with van der Waals surface area (Å²) in [6, 6.07) is 3.29. The molecule has 0 saturated heterocycles. The number of benzene rings is 1. The second-order valence-corrected chi connectivity index (χ2v) is 7.66. The van der Waals surface area contributed by atoms with Crippen LogP contribution in [0.4, 0.5) is 4.39 Å². The third kappa shape index (κ3) is 3.00. The molecule has 1 aliphatic rings. The minimum atomic E-state index is -3.70. The molecule has 0 amide bonds. The molecular formula is C14H19ClFNO2S. The molecule has 0 unspecified atom stereocenters. The third-order valence-corrected chi connectivity index (χ3v) is 6.25. The van der Waals surface area contributed by atoms with Crippen LogP contribution in [0.1, 0.15) is 39.5 Å². The highest BCUT2D eigenvalue weighted by molar-refractivity contribution is 7.89. The lowest BCUT2D eigenvalue weighted by atomic mass is 10.2. The van der Waals surface area contributed by atoms with Gasteiger partial charge >= 0.3 is 0 Å². The van der Waals surface area contributed by atoms with Gasteiger partial charge in [-0.3, -0.25) is 0 Å². The molecule has 0 spiro atoms. The molecule has 2 rings (SSSR count). The van der Waals surface area contributed by atoms with Crippen molar-refractivity contribution in [1.29, 1.82) is 0 Å². The Morgan fingerprint density at radius 3 is 2.40 bits per heavy atom. The Bertz CT molecular complexity index is 583. The van der Waals surface area contributed by atoms with Gasteiger partial charge in [-0.25, -0.2) is 12.8 Å². The number of rotatable bonds is 4. The largest absolute Gasteiger partial charge is 0.245 e. The van der Waals surface area contributed by atoms with E-state index in [4.69, 9.17) is 11.6 Å². The topological polar surface area (TPSA) is 37.4 Å². The maximum atomic E-state index is 13.1. The van der Waals surface area contributed by atoms with E-state index >= 15 is 0 Å². The number of hydrogen-bond donors (Lipinski definition) is 0. The van der Waals surface area contributed by atoms with Crippen molar-refractivity contribution in [2.45, 2.75) is 56.5 Å². The molecular weight excluding hydrogens is 301 g/mol. The maximum Gasteiger partial charge on any atom is 0.245 e. The number of halogens is 2. The molecule has 0 N–H and O–H groups in total. The van der Waals surface area contributed by atoms with E-state index in [1.54, 1.807) is 0 Å². The SMILES string of the molecule is CC(C)N(C1CCCC1)S(=O)(=O)c1ccc(F)cc1Cl. The Labute approximate surface area is 124 Å². The minimum Gasteiger partial charge on any atom is -0.207 e. The molecule has 0 bridgehead atoms. The van der Waals surface area contributed by atoms with E-state index in [9.17, 15) is 12.8 Å². The van der Waals surface area contributed by atoms with Crippen LogP contribution in [-0.4, -0.2) is 24.8 Å². The van der Waals surface area contributed by atoms with Crippen LogP contribution >= 0.6 is 11.6 Å². The standard InChI is InChI=1S/C14H19ClFNO2S/c1-10(2)17(12-5-3-4-6-12)20(18,19)14-8-7-11(16)9-13(14)15/h7-10,12H,3-6H2,1-2H3. The summed E-state index contributed by atoms with van der Waals surface area (Å²) in [6.07, 6.45) is 3.83. The first-order chi connectivity index (χ1) is 9.34. The van der Waals surface area contributed by atoms with Gasteiger partial charge in [-0.1, -0.05) is 24.4 Å². The van der Waals surface area contributed by atoms with Crippen molar-refractivity contribution in [2.75, 3.05) is 0 Å². The summed E-state index contributed by atoms with van der Waals surface area (Å²) in [5, 5.41) is -0.0614. The average molecular weight is 320 g/mol. The summed E-state index contributed by atoms with van der Waals surface area (Å²) in [5.41, 5.74) is 0. The van der Waals surface area contributed by atoms with Crippen LogP contribution in [0.5, 0.6) is 0 Å². The lowest BCUT2D eigenvalue weighted by Gasteiger charge is -2.31. The van der Waals surface area contributed by atoms with Gasteiger partial charge in [0.2, 0.25) is 10.0 Å². The van der Waals surface area contributed by atoms with Crippen molar-refractivity contribution in [3.8, 4) is 0 Å². The highest BCUT2D eigenvalue weighted by Crippen LogP contribution is 2.33. The first-order valence-electron chi connectivity index (χ1n) is 6.82. The molecule has 0 heterocycles. The third-order valence-electron chi connectivity index (χ3n) is 3.64. The zero-order valence-corrected chi connectivity index (χ0v) is 13.2. The zero-order valence-electron chi connectivity index (χ0n) is 11.6. The highest BCUT2D eigenvalue weighted by Gasteiger charge is 2.36. The lowest BCUT2D eigenvalue weighted by molar-refractivity contribution is 0.275. The van der Waals surface area contributed by atoms with E-state index in [0.717, 1.165) is 37.8 Å². The fourth-order valence-corrected chi connectivity index (χ4v) is 5.24. The number of hydrogen-bond acceptors (Lipinski definition) is 2. The van der Waals surface area contributed by atoms with Crippen molar-refractivity contribution in [3.63, 3.8) is 0 Å². The molecule has 0 aromatic heterocycles. The van der Waals surface area contributed by atoms with Gasteiger partial charge in [0.25, 0.3) is 0 Å². The summed E-state index contributed by atoms with van der Waals surface area (Å²) >= 11 is 5.92. The van der Waals surface area contributed by atoms with E-state index in [-0.39, 0.29) is 22.0 Å². The fourth-order valence-electron chi connectivity index (χ4n) is 2.85. The van der Waals surface area contributed by atoms with E-state index < -0.39 is 15.8 Å². The van der Waals surface area contributed by atoms with Gasteiger partial charge in [-0.2, -0.15) is 4.31 Å². The monoisotopic (exact) mass is 319 g/mol. The molecule has 1 saturated carbocycles. The van der Waals surface area contributed by atoms with Crippen molar-refractivity contribution >= 4 is 21.6 Å². The normalized spacial score (nSPS) is 17.3. The van der Waals surface area contributed by atoms with Crippen LogP contribution in [0.25, 0.3) is 0 Å². The molecule has 1 aromatic carbocycles. The smallest absolute Gasteiger partial charge is 0.207 e. The summed E-state index contributed by atoms with van der Waals surface area (Å²) in [4.78, 5) is -0.0128. The Balaban J connectivity index is 2.44. The minimum absolute atomic E-state index is 0.0128. The second-order valence-electron chi connectivity index (χ2n) is 5.44. The van der Waals surface area contributed by atoms with Crippen LogP contribution in [0, 0.1) is 5.82 Å². The molecule has 20 heavy (non-hydrogen) atoms. The molecule has 1 aromatic rings. The maximum absolute atomic E-state index is 13.1. The van der Waals surface area contributed by atoms with Crippen LogP contribution in [0.15, 0.2) is 23.1 Å². The van der Waals surface area contributed by atoms with Gasteiger partial charge in [-0.15, -0.1) is 0 Å². The van der Waals surface area contributed by atoms with E-state index in [2.05, 4.69) is 0 Å². The van der Waals surface area contributed by atoms with Gasteiger partial charge in [-0.05, 0) is 44.9 Å². The van der Waals surface area contributed by atoms with Crippen molar-refractivity contribution < 1.29 is 12.8 Å². The lowest BCUT2D eigenvalue weighted by Crippen LogP contribution is -2.43. The fraction of sp³-hybridized carbons (Fsp3) is 0.571. The van der Waals surface area contributed by atoms with Gasteiger partial charge in [0.1, 0.15) is 10.7 Å². The molecule has 0 aliphatic heterocycles. The number of sulfonamides is 1. The molecule has 1 fully saturated rings. The van der Waals surface area contributed by atoms with Crippen LogP contribution in [0.2, 0.25) is 5.02 Å². The van der Waals surface area contributed by atoms with E-state index in [1.807, 2.05) is 13.8 Å². The van der Waals surface area contributed by atoms with Crippen LogP contribution < -0.4 is 0 Å². The van der Waals surface area contributed by atoms with Gasteiger partial charge in [0.15, 0.2) is 0 Å². The summed E-state index contributed by atoms with van der Waals surface area (Å²) in [6.45, 7) is 3.71. The zero-order chi connectivity index (χ0) is 14.9. The van der Waals surface area contributed by atoms with Crippen LogP contribution in [-0.2, 0) is 10.0 Å². The van der Waals surface area contributed by atoms with Crippen molar-refractivity contribution in [2.24, 2.45) is 0 Å². The molecule has 1 aliphatic carbocycles. The molecule has 3 nitrogen and oxygen atoms in total. The molecule has 0 atom stereocenters. The predicted molar refractivity (Wildman–Crippen MR) is 77.8 cm³/mol. The summed E-state index contributed by atoms with van der Waals surface area (Å²) in [7, 11) is -3.70. The average Bonchev–Trinajstić information content (AvgIpc) is 2.80. The Morgan fingerprint density at radius 2 is 1.90 bits per heavy atom. The van der Waals surface area contributed by atoms with Gasteiger partial charge < -0.3 is 0 Å². The van der Waals surface area contributed by atoms with Crippen LogP contribution in [0.3, 0.4) is 0 Å². The van der Waals surface area contributed by atoms with E-state index in [0.29, 0.717) is 0 Å². The number of nitrogens with zero attached hydrogens (tertiary/aromatic N) is 1. The molecule has 112 valence electrons. The quantitative estimate of drug-likeness (QED) is 0.846. The van der Waals surface area contributed by atoms with Gasteiger partial charge in [0, 0.05) is 12.1 Å². The van der Waals surface area contributed by atoms with Gasteiger partial charge in [0.05, 0.1) is 5.02 Å². The highest BCUT2D eigenvalue weighted by atomic mass is 35.5. The summed E-state index contributed by atoms with van der Waals surface area (Å²) in [5.74, 6) is -0.536.